The highest BCUT2D eigenvalue weighted by atomic mass is 16.5. The number of esters is 1. The predicted molar refractivity (Wildman–Crippen MR) is 77.9 cm³/mol. The summed E-state index contributed by atoms with van der Waals surface area (Å²) in [4.78, 5) is 26.8. The second-order valence-electron chi connectivity index (χ2n) is 4.64. The van der Waals surface area contributed by atoms with E-state index < -0.39 is 5.97 Å². The lowest BCUT2D eigenvalue weighted by Crippen LogP contribution is -2.13. The van der Waals surface area contributed by atoms with E-state index in [-0.39, 0.29) is 12.4 Å². The molecule has 5 heteroatoms. The summed E-state index contributed by atoms with van der Waals surface area (Å²) in [6, 6.07) is 9.11. The number of Topliss-reactive ketones (excluding diaryl/α,β-unsaturated/α-hetero) is 1. The first-order valence-corrected chi connectivity index (χ1v) is 6.53. The molecule has 0 aliphatic heterocycles. The Morgan fingerprint density at radius 2 is 1.81 bits per heavy atom. The van der Waals surface area contributed by atoms with Gasteiger partial charge in [0.2, 0.25) is 5.78 Å². The van der Waals surface area contributed by atoms with Gasteiger partial charge >= 0.3 is 5.97 Å². The second kappa shape index (κ2) is 6.26. The van der Waals surface area contributed by atoms with E-state index in [0.717, 1.165) is 0 Å². The molecule has 1 aromatic carbocycles. The molecule has 2 aromatic rings. The number of nitrogens with one attached hydrogen (secondary N) is 1. The lowest BCUT2D eigenvalue weighted by atomic mass is 10.1. The maximum Gasteiger partial charge on any atom is 0.354 e. The van der Waals surface area contributed by atoms with Crippen LogP contribution in [0.15, 0.2) is 30.3 Å². The van der Waals surface area contributed by atoms with Gasteiger partial charge in [0.1, 0.15) is 11.4 Å². The van der Waals surface area contributed by atoms with E-state index >= 15 is 0 Å². The van der Waals surface area contributed by atoms with Crippen LogP contribution in [-0.2, 0) is 4.74 Å². The minimum absolute atomic E-state index is 0.0792. The lowest BCUT2D eigenvalue weighted by molar-refractivity contribution is 0.0594. The van der Waals surface area contributed by atoms with Crippen LogP contribution in [-0.4, -0.2) is 30.5 Å². The van der Waals surface area contributed by atoms with Gasteiger partial charge in [-0.2, -0.15) is 0 Å². The normalized spacial score (nSPS) is 10.2. The summed E-state index contributed by atoms with van der Waals surface area (Å²) in [7, 11) is 1.30. The second-order valence-corrected chi connectivity index (χ2v) is 4.64. The highest BCUT2D eigenvalue weighted by molar-refractivity contribution is 6.03. The summed E-state index contributed by atoms with van der Waals surface area (Å²) in [6.45, 7) is 3.38. The zero-order valence-electron chi connectivity index (χ0n) is 12.2. The van der Waals surface area contributed by atoms with Crippen molar-refractivity contribution < 1.29 is 19.1 Å². The first kappa shape index (κ1) is 14.8. The number of aromatic amines is 1. The molecule has 0 amide bonds. The van der Waals surface area contributed by atoms with Gasteiger partial charge < -0.3 is 14.5 Å². The van der Waals surface area contributed by atoms with Gasteiger partial charge in [-0.25, -0.2) is 4.79 Å². The van der Waals surface area contributed by atoms with Crippen molar-refractivity contribution in [1.29, 1.82) is 0 Å². The number of para-hydroxylation sites is 1. The first-order chi connectivity index (χ1) is 10.0. The van der Waals surface area contributed by atoms with E-state index in [4.69, 9.17) is 4.74 Å². The Hall–Kier alpha value is -2.56. The van der Waals surface area contributed by atoms with Crippen LogP contribution in [0.2, 0.25) is 0 Å². The molecular formula is C16H17NO4. The molecule has 0 spiro atoms. The number of rotatable bonds is 5. The molecule has 0 atom stereocenters. The van der Waals surface area contributed by atoms with Crippen LogP contribution in [0.5, 0.6) is 5.75 Å². The van der Waals surface area contributed by atoms with Crippen LogP contribution in [0.4, 0.5) is 0 Å². The first-order valence-electron chi connectivity index (χ1n) is 6.53. The highest BCUT2D eigenvalue weighted by Gasteiger charge is 2.22. The Balaban J connectivity index is 2.16. The molecule has 1 aromatic heterocycles. The maximum absolute atomic E-state index is 12.3. The predicted octanol–water partition coefficient (Wildman–Crippen LogP) is 2.68. The molecule has 0 saturated heterocycles. The third kappa shape index (κ3) is 3.13. The van der Waals surface area contributed by atoms with Gasteiger partial charge in [0.25, 0.3) is 0 Å². The Morgan fingerprint density at radius 3 is 2.43 bits per heavy atom. The van der Waals surface area contributed by atoms with Crippen molar-refractivity contribution >= 4 is 11.8 Å². The zero-order valence-corrected chi connectivity index (χ0v) is 12.2. The summed E-state index contributed by atoms with van der Waals surface area (Å²) < 4.78 is 10.1. The number of aryl methyl sites for hydroxylation is 1. The van der Waals surface area contributed by atoms with Crippen molar-refractivity contribution in [1.82, 2.24) is 4.98 Å². The smallest absolute Gasteiger partial charge is 0.354 e. The molecule has 1 N–H and O–H groups in total. The number of H-pyrrole nitrogens is 1. The molecule has 21 heavy (non-hydrogen) atoms. The SMILES string of the molecule is COC(=O)c1[nH]c(C)c(C(=O)COc2ccccc2)c1C. The molecule has 0 bridgehead atoms. The molecule has 0 aliphatic rings. The molecule has 110 valence electrons. The number of hydrogen-bond acceptors (Lipinski definition) is 4. The van der Waals surface area contributed by atoms with Crippen LogP contribution >= 0.6 is 0 Å². The number of ether oxygens (including phenoxy) is 2. The van der Waals surface area contributed by atoms with Crippen molar-refractivity contribution in [3.63, 3.8) is 0 Å². The van der Waals surface area contributed by atoms with E-state index in [0.29, 0.717) is 28.3 Å². The number of carbonyl (C=O) groups excluding carboxylic acids is 2. The van der Waals surface area contributed by atoms with Crippen molar-refractivity contribution in [2.45, 2.75) is 13.8 Å². The minimum atomic E-state index is -0.487. The molecule has 0 radical (unpaired) electrons. The quantitative estimate of drug-likeness (QED) is 0.678. The molecular weight excluding hydrogens is 270 g/mol. The molecule has 0 aliphatic carbocycles. The largest absolute Gasteiger partial charge is 0.485 e. The molecule has 1 heterocycles. The van der Waals surface area contributed by atoms with Gasteiger partial charge in [0.15, 0.2) is 6.61 Å². The summed E-state index contributed by atoms with van der Waals surface area (Å²) in [5, 5.41) is 0. The van der Waals surface area contributed by atoms with Gasteiger partial charge in [-0.05, 0) is 31.5 Å². The summed E-state index contributed by atoms with van der Waals surface area (Å²) in [5.74, 6) is -0.0382. The van der Waals surface area contributed by atoms with Gasteiger partial charge in [-0.15, -0.1) is 0 Å². The van der Waals surface area contributed by atoms with E-state index in [2.05, 4.69) is 9.72 Å². The topological polar surface area (TPSA) is 68.4 Å². The van der Waals surface area contributed by atoms with Gasteiger partial charge in [-0.3, -0.25) is 4.79 Å². The van der Waals surface area contributed by atoms with Crippen molar-refractivity contribution in [3.05, 3.63) is 52.8 Å². The molecule has 5 nitrogen and oxygen atoms in total. The third-order valence-corrected chi connectivity index (χ3v) is 3.22. The molecule has 0 saturated carbocycles. The third-order valence-electron chi connectivity index (χ3n) is 3.22. The zero-order chi connectivity index (χ0) is 15.4. The van der Waals surface area contributed by atoms with Crippen molar-refractivity contribution in [2.24, 2.45) is 0 Å². The Labute approximate surface area is 122 Å². The Kier molecular flexibility index (Phi) is 4.42. The van der Waals surface area contributed by atoms with E-state index in [9.17, 15) is 9.59 Å². The van der Waals surface area contributed by atoms with Gasteiger partial charge in [0.05, 0.1) is 7.11 Å². The monoisotopic (exact) mass is 287 g/mol. The van der Waals surface area contributed by atoms with Crippen LogP contribution < -0.4 is 4.74 Å². The molecule has 0 unspecified atom stereocenters. The van der Waals surface area contributed by atoms with Crippen molar-refractivity contribution in [3.8, 4) is 5.75 Å². The number of benzene rings is 1. The summed E-state index contributed by atoms with van der Waals surface area (Å²) in [6.07, 6.45) is 0. The number of ketones is 1. The minimum Gasteiger partial charge on any atom is -0.485 e. The van der Waals surface area contributed by atoms with Crippen LogP contribution in [0, 0.1) is 13.8 Å². The van der Waals surface area contributed by atoms with Crippen LogP contribution in [0.1, 0.15) is 32.1 Å². The van der Waals surface area contributed by atoms with Crippen LogP contribution in [0.25, 0.3) is 0 Å². The Morgan fingerprint density at radius 1 is 1.14 bits per heavy atom. The van der Waals surface area contributed by atoms with Gasteiger partial charge in [0, 0.05) is 11.3 Å². The van der Waals surface area contributed by atoms with E-state index in [1.165, 1.54) is 7.11 Å². The van der Waals surface area contributed by atoms with Gasteiger partial charge in [-0.1, -0.05) is 18.2 Å². The number of methoxy groups -OCH3 is 1. The molecule has 2 rings (SSSR count). The maximum atomic E-state index is 12.3. The fraction of sp³-hybridized carbons (Fsp3) is 0.250. The summed E-state index contributed by atoms with van der Waals surface area (Å²) >= 11 is 0. The summed E-state index contributed by atoms with van der Waals surface area (Å²) in [5.41, 5.74) is 2.00. The fourth-order valence-electron chi connectivity index (χ4n) is 2.21. The van der Waals surface area contributed by atoms with E-state index in [1.807, 2.05) is 18.2 Å². The standard InChI is InChI=1S/C16H17NO4/c1-10-14(11(2)17-15(10)16(19)20-3)13(18)9-21-12-7-5-4-6-8-12/h4-8,17H,9H2,1-3H3. The average Bonchev–Trinajstić information content (AvgIpc) is 2.80. The number of aromatic nitrogens is 1. The lowest BCUT2D eigenvalue weighted by Gasteiger charge is -2.06. The average molecular weight is 287 g/mol. The van der Waals surface area contributed by atoms with Crippen molar-refractivity contribution in [2.75, 3.05) is 13.7 Å². The molecule has 0 fully saturated rings. The number of hydrogen-bond donors (Lipinski definition) is 1. The van der Waals surface area contributed by atoms with E-state index in [1.54, 1.807) is 26.0 Å². The fourth-order valence-corrected chi connectivity index (χ4v) is 2.21. The highest BCUT2D eigenvalue weighted by Crippen LogP contribution is 2.20. The van der Waals surface area contributed by atoms with Crippen LogP contribution in [0.3, 0.4) is 0 Å². The number of carbonyl (C=O) groups is 2. The Bertz CT molecular complexity index is 658.